The summed E-state index contributed by atoms with van der Waals surface area (Å²) in [5.74, 6) is -0.192. The van der Waals surface area contributed by atoms with Gasteiger partial charge in [0.2, 0.25) is 0 Å². The molecule has 0 saturated heterocycles. The van der Waals surface area contributed by atoms with Gasteiger partial charge >= 0.3 is 5.97 Å². The Morgan fingerprint density at radius 1 is 0.900 bits per heavy atom. The van der Waals surface area contributed by atoms with Crippen LogP contribution in [0.15, 0.2) is 80.8 Å². The van der Waals surface area contributed by atoms with Crippen LogP contribution in [-0.4, -0.2) is 25.2 Å². The number of carbonyl (C=O) groups excluding carboxylic acids is 2. The van der Waals surface area contributed by atoms with Crippen LogP contribution < -0.4 is 14.9 Å². The molecule has 0 bridgehead atoms. The van der Waals surface area contributed by atoms with Crippen molar-refractivity contribution in [3.8, 4) is 11.5 Å². The molecule has 1 amide bonds. The Morgan fingerprint density at radius 3 is 2.37 bits per heavy atom. The third-order valence-corrected chi connectivity index (χ3v) is 4.96. The van der Waals surface area contributed by atoms with E-state index in [9.17, 15) is 9.59 Å². The molecular formula is C22H16Br2N2O4. The number of carbonyl (C=O) groups is 2. The van der Waals surface area contributed by atoms with E-state index in [1.807, 2.05) is 6.07 Å². The predicted molar refractivity (Wildman–Crippen MR) is 121 cm³/mol. The fourth-order valence-electron chi connectivity index (χ4n) is 2.45. The maximum absolute atomic E-state index is 12.3. The first-order chi connectivity index (χ1) is 14.5. The van der Waals surface area contributed by atoms with Gasteiger partial charge in [-0.05, 0) is 66.2 Å². The summed E-state index contributed by atoms with van der Waals surface area (Å²) < 4.78 is 12.4. The molecule has 0 atom stereocenters. The predicted octanol–water partition coefficient (Wildman–Crippen LogP) is 5.20. The zero-order chi connectivity index (χ0) is 21.5. The number of rotatable bonds is 6. The van der Waals surface area contributed by atoms with Crippen molar-refractivity contribution in [2.75, 3.05) is 7.11 Å². The third-order valence-electron chi connectivity index (χ3n) is 3.94. The van der Waals surface area contributed by atoms with Crippen LogP contribution in [0, 0.1) is 0 Å². The highest BCUT2D eigenvalue weighted by Crippen LogP contribution is 2.28. The maximum atomic E-state index is 12.3. The minimum Gasteiger partial charge on any atom is -0.493 e. The lowest BCUT2D eigenvalue weighted by Gasteiger charge is -2.10. The summed E-state index contributed by atoms with van der Waals surface area (Å²) in [7, 11) is 1.47. The van der Waals surface area contributed by atoms with E-state index >= 15 is 0 Å². The molecule has 0 aliphatic heterocycles. The molecule has 0 fully saturated rings. The molecule has 0 spiro atoms. The lowest BCUT2D eigenvalue weighted by Crippen LogP contribution is -2.17. The molecule has 0 aromatic heterocycles. The van der Waals surface area contributed by atoms with Gasteiger partial charge in [0, 0.05) is 14.5 Å². The summed E-state index contributed by atoms with van der Waals surface area (Å²) in [5.41, 5.74) is 4.02. The van der Waals surface area contributed by atoms with Crippen molar-refractivity contribution in [1.82, 2.24) is 5.43 Å². The Balaban J connectivity index is 1.67. The number of hydrazone groups is 1. The summed E-state index contributed by atoms with van der Waals surface area (Å²) in [4.78, 5) is 24.4. The van der Waals surface area contributed by atoms with E-state index in [1.54, 1.807) is 60.7 Å². The van der Waals surface area contributed by atoms with Crippen LogP contribution in [0.4, 0.5) is 0 Å². The van der Waals surface area contributed by atoms with Crippen LogP contribution in [0.3, 0.4) is 0 Å². The quantitative estimate of drug-likeness (QED) is 0.205. The molecule has 3 aromatic rings. The van der Waals surface area contributed by atoms with Crippen molar-refractivity contribution in [1.29, 1.82) is 0 Å². The topological polar surface area (TPSA) is 77.0 Å². The molecule has 3 rings (SSSR count). The Morgan fingerprint density at radius 2 is 1.67 bits per heavy atom. The molecule has 3 aromatic carbocycles. The van der Waals surface area contributed by atoms with E-state index in [0.29, 0.717) is 22.4 Å². The number of amides is 1. The van der Waals surface area contributed by atoms with Gasteiger partial charge in [-0.1, -0.05) is 37.9 Å². The molecule has 6 nitrogen and oxygen atoms in total. The first-order valence-corrected chi connectivity index (χ1v) is 10.3. The first-order valence-electron chi connectivity index (χ1n) is 8.71. The molecule has 0 aliphatic carbocycles. The molecule has 0 unspecified atom stereocenters. The van der Waals surface area contributed by atoms with Gasteiger partial charge in [0.1, 0.15) is 0 Å². The van der Waals surface area contributed by atoms with E-state index < -0.39 is 5.97 Å². The molecule has 0 aliphatic rings. The van der Waals surface area contributed by atoms with E-state index in [4.69, 9.17) is 9.47 Å². The summed E-state index contributed by atoms with van der Waals surface area (Å²) in [6, 6.07) is 18.8. The van der Waals surface area contributed by atoms with Gasteiger partial charge in [0.25, 0.3) is 5.91 Å². The Hall–Kier alpha value is -2.97. The first kappa shape index (κ1) is 21.7. The standard InChI is InChI=1S/C22H16Br2N2O4/c1-29-20-11-14(13-25-26-21(27)15-6-8-17(23)9-7-15)5-10-19(20)30-22(28)16-3-2-4-18(24)12-16/h2-13H,1H3,(H,26,27)/b25-13-. The second kappa shape index (κ2) is 10.2. The minimum absolute atomic E-state index is 0.276. The van der Waals surface area contributed by atoms with Crippen molar-refractivity contribution in [3.63, 3.8) is 0 Å². The highest BCUT2D eigenvalue weighted by Gasteiger charge is 2.13. The number of esters is 1. The zero-order valence-electron chi connectivity index (χ0n) is 15.8. The summed E-state index contributed by atoms with van der Waals surface area (Å²) >= 11 is 6.65. The van der Waals surface area contributed by atoms with Crippen molar-refractivity contribution >= 4 is 50.0 Å². The van der Waals surface area contributed by atoms with Gasteiger partial charge in [-0.2, -0.15) is 5.10 Å². The van der Waals surface area contributed by atoms with Crippen molar-refractivity contribution in [2.45, 2.75) is 0 Å². The average Bonchev–Trinajstić information content (AvgIpc) is 2.75. The zero-order valence-corrected chi connectivity index (χ0v) is 18.9. The molecular weight excluding hydrogens is 516 g/mol. The van der Waals surface area contributed by atoms with Crippen LogP contribution in [0.2, 0.25) is 0 Å². The second-order valence-electron chi connectivity index (χ2n) is 6.02. The average molecular weight is 532 g/mol. The van der Waals surface area contributed by atoms with E-state index in [0.717, 1.165) is 8.95 Å². The van der Waals surface area contributed by atoms with Gasteiger partial charge in [-0.25, -0.2) is 10.2 Å². The number of benzene rings is 3. The summed E-state index contributed by atoms with van der Waals surface area (Å²) in [6.07, 6.45) is 1.47. The molecule has 1 N–H and O–H groups in total. The SMILES string of the molecule is COc1cc(/C=N\NC(=O)c2ccc(Br)cc2)ccc1OC(=O)c1cccc(Br)c1. The normalized spacial score (nSPS) is 10.6. The largest absolute Gasteiger partial charge is 0.493 e. The highest BCUT2D eigenvalue weighted by molar-refractivity contribution is 9.10. The molecule has 8 heteroatoms. The van der Waals surface area contributed by atoms with Gasteiger partial charge in [0.05, 0.1) is 18.9 Å². The number of hydrogen-bond donors (Lipinski definition) is 1. The van der Waals surface area contributed by atoms with Crippen LogP contribution >= 0.6 is 31.9 Å². The summed E-state index contributed by atoms with van der Waals surface area (Å²) in [6.45, 7) is 0. The van der Waals surface area contributed by atoms with Crippen LogP contribution in [0.5, 0.6) is 11.5 Å². The lowest BCUT2D eigenvalue weighted by atomic mass is 10.2. The van der Waals surface area contributed by atoms with Crippen molar-refractivity contribution in [3.05, 3.63) is 92.4 Å². The number of hydrogen-bond acceptors (Lipinski definition) is 5. The van der Waals surface area contributed by atoms with E-state index in [-0.39, 0.29) is 11.7 Å². The van der Waals surface area contributed by atoms with E-state index in [1.165, 1.54) is 13.3 Å². The molecule has 30 heavy (non-hydrogen) atoms. The number of halogens is 2. The van der Waals surface area contributed by atoms with Crippen molar-refractivity contribution < 1.29 is 19.1 Å². The van der Waals surface area contributed by atoms with Crippen molar-refractivity contribution in [2.24, 2.45) is 5.10 Å². The molecule has 0 saturated carbocycles. The van der Waals surface area contributed by atoms with Gasteiger partial charge in [-0.15, -0.1) is 0 Å². The smallest absolute Gasteiger partial charge is 0.343 e. The number of nitrogens with zero attached hydrogens (tertiary/aromatic N) is 1. The fraction of sp³-hybridized carbons (Fsp3) is 0.0455. The Bertz CT molecular complexity index is 1100. The molecule has 152 valence electrons. The minimum atomic E-state index is -0.502. The molecule has 0 radical (unpaired) electrons. The maximum Gasteiger partial charge on any atom is 0.343 e. The van der Waals surface area contributed by atoms with Gasteiger partial charge < -0.3 is 9.47 Å². The number of methoxy groups -OCH3 is 1. The van der Waals surface area contributed by atoms with Gasteiger partial charge in [-0.3, -0.25) is 4.79 Å². The third kappa shape index (κ3) is 5.77. The second-order valence-corrected chi connectivity index (χ2v) is 7.85. The molecule has 0 heterocycles. The van der Waals surface area contributed by atoms with E-state index in [2.05, 4.69) is 42.4 Å². The number of ether oxygens (including phenoxy) is 2. The Labute approximate surface area is 190 Å². The van der Waals surface area contributed by atoms with Crippen LogP contribution in [-0.2, 0) is 0 Å². The highest BCUT2D eigenvalue weighted by atomic mass is 79.9. The summed E-state index contributed by atoms with van der Waals surface area (Å²) in [5, 5.41) is 3.96. The van der Waals surface area contributed by atoms with Crippen LogP contribution in [0.1, 0.15) is 26.3 Å². The monoisotopic (exact) mass is 530 g/mol. The number of nitrogens with one attached hydrogen (secondary N) is 1. The van der Waals surface area contributed by atoms with Crippen LogP contribution in [0.25, 0.3) is 0 Å². The lowest BCUT2D eigenvalue weighted by molar-refractivity contribution is 0.0729. The van der Waals surface area contributed by atoms with Gasteiger partial charge in [0.15, 0.2) is 11.5 Å². The Kier molecular flexibility index (Phi) is 7.37. The fourth-order valence-corrected chi connectivity index (χ4v) is 3.12.